The third-order valence-corrected chi connectivity index (χ3v) is 6.84. The molecular formula is C22H23NO7S. The minimum absolute atomic E-state index is 0.00976. The summed E-state index contributed by atoms with van der Waals surface area (Å²) in [7, 11) is -4.53. The molecule has 0 N–H and O–H groups in total. The predicted molar refractivity (Wildman–Crippen MR) is 111 cm³/mol. The first-order valence-electron chi connectivity index (χ1n) is 9.79. The van der Waals surface area contributed by atoms with Crippen LogP contribution in [-0.4, -0.2) is 43.8 Å². The van der Waals surface area contributed by atoms with E-state index in [1.807, 2.05) is 0 Å². The van der Waals surface area contributed by atoms with Crippen molar-refractivity contribution in [2.45, 2.75) is 37.6 Å². The van der Waals surface area contributed by atoms with E-state index in [1.165, 1.54) is 24.3 Å². The molecule has 3 rings (SSSR count). The van der Waals surface area contributed by atoms with E-state index in [0.29, 0.717) is 4.31 Å². The second kappa shape index (κ2) is 8.50. The van der Waals surface area contributed by atoms with Crippen LogP contribution in [0.25, 0.3) is 0 Å². The summed E-state index contributed by atoms with van der Waals surface area (Å²) in [5.41, 5.74) is -1.30. The highest BCUT2D eigenvalue weighted by Crippen LogP contribution is 2.46. The van der Waals surface area contributed by atoms with Gasteiger partial charge in [0.15, 0.2) is 5.54 Å². The Morgan fingerprint density at radius 3 is 2.19 bits per heavy atom. The summed E-state index contributed by atoms with van der Waals surface area (Å²) >= 11 is 0. The van der Waals surface area contributed by atoms with Crippen LogP contribution in [0.2, 0.25) is 0 Å². The van der Waals surface area contributed by atoms with Crippen molar-refractivity contribution in [1.29, 1.82) is 0 Å². The van der Waals surface area contributed by atoms with Gasteiger partial charge in [-0.1, -0.05) is 35.9 Å². The van der Waals surface area contributed by atoms with E-state index in [-0.39, 0.29) is 29.2 Å². The number of fused-ring (bicyclic) bond motifs is 1. The topological polar surface area (TPSA) is 107 Å². The number of hydrogen-bond donors (Lipinski definition) is 0. The van der Waals surface area contributed by atoms with Crippen molar-refractivity contribution < 1.29 is 32.3 Å². The van der Waals surface area contributed by atoms with Crippen LogP contribution in [0.5, 0.6) is 0 Å². The van der Waals surface area contributed by atoms with E-state index in [4.69, 9.17) is 9.47 Å². The maximum Gasteiger partial charge on any atom is 0.338 e. The molecule has 164 valence electrons. The largest absolute Gasteiger partial charge is 0.466 e. The summed E-state index contributed by atoms with van der Waals surface area (Å²) in [5.74, 6) is -2.75. The van der Waals surface area contributed by atoms with Crippen LogP contribution in [-0.2, 0) is 34.6 Å². The molecule has 0 fully saturated rings. The van der Waals surface area contributed by atoms with Gasteiger partial charge in [-0.25, -0.2) is 17.5 Å². The second-order valence-electron chi connectivity index (χ2n) is 7.00. The van der Waals surface area contributed by atoms with E-state index in [9.17, 15) is 22.8 Å². The Kier molecular flexibility index (Phi) is 6.17. The van der Waals surface area contributed by atoms with Crippen LogP contribution in [0.3, 0.4) is 0 Å². The van der Waals surface area contributed by atoms with Crippen LogP contribution in [0.15, 0.2) is 53.4 Å². The molecule has 0 aliphatic carbocycles. The fourth-order valence-corrected chi connectivity index (χ4v) is 5.31. The lowest BCUT2D eigenvalue weighted by Crippen LogP contribution is -2.54. The highest BCUT2D eigenvalue weighted by atomic mass is 32.2. The Balaban J connectivity index is 2.30. The van der Waals surface area contributed by atoms with Gasteiger partial charge in [-0.3, -0.25) is 9.59 Å². The number of amides is 1. The third kappa shape index (κ3) is 3.69. The highest BCUT2D eigenvalue weighted by molar-refractivity contribution is 7.89. The van der Waals surface area contributed by atoms with Gasteiger partial charge in [0.25, 0.3) is 15.9 Å². The number of benzene rings is 2. The highest BCUT2D eigenvalue weighted by Gasteiger charge is 2.62. The molecule has 0 radical (unpaired) electrons. The van der Waals surface area contributed by atoms with Gasteiger partial charge in [-0.05, 0) is 39.0 Å². The molecule has 1 aliphatic rings. The Hall–Kier alpha value is -3.20. The van der Waals surface area contributed by atoms with Gasteiger partial charge < -0.3 is 9.47 Å². The summed E-state index contributed by atoms with van der Waals surface area (Å²) in [4.78, 5) is 38.9. The number of carbonyl (C=O) groups excluding carboxylic acids is 3. The maximum atomic E-state index is 13.6. The zero-order valence-electron chi connectivity index (χ0n) is 17.5. The van der Waals surface area contributed by atoms with E-state index in [2.05, 4.69) is 0 Å². The molecule has 0 saturated carbocycles. The average molecular weight is 445 g/mol. The van der Waals surface area contributed by atoms with Crippen molar-refractivity contribution in [3.8, 4) is 0 Å². The number of ether oxygens (including phenoxy) is 2. The van der Waals surface area contributed by atoms with Crippen LogP contribution in [0, 0.1) is 6.92 Å². The Labute approximate surface area is 180 Å². The standard InChI is InChI=1S/C22H23NO7S/c1-4-29-19(24)14-22(21(26)30-5-2)18-9-7-6-8-17(18)20(25)23(22)31(27,28)16-12-10-15(3)11-13-16/h6-13H,4-5,14H2,1-3H3/t22-/m0/s1. The molecule has 2 aromatic rings. The van der Waals surface area contributed by atoms with Gasteiger partial charge in [0.1, 0.15) is 0 Å². The lowest BCUT2D eigenvalue weighted by Gasteiger charge is -2.35. The third-order valence-electron chi connectivity index (χ3n) is 5.01. The summed E-state index contributed by atoms with van der Waals surface area (Å²) in [5, 5.41) is 0. The number of nitrogens with zero attached hydrogens (tertiary/aromatic N) is 1. The molecular weight excluding hydrogens is 422 g/mol. The lowest BCUT2D eigenvalue weighted by atomic mass is 9.87. The van der Waals surface area contributed by atoms with Gasteiger partial charge in [-0.15, -0.1) is 0 Å². The first-order chi connectivity index (χ1) is 14.7. The van der Waals surface area contributed by atoms with Gasteiger partial charge in [-0.2, -0.15) is 0 Å². The van der Waals surface area contributed by atoms with E-state index in [1.54, 1.807) is 45.0 Å². The quantitative estimate of drug-likeness (QED) is 0.603. The number of esters is 2. The van der Waals surface area contributed by atoms with Crippen LogP contribution in [0.1, 0.15) is 41.8 Å². The Bertz CT molecular complexity index is 1120. The molecule has 0 unspecified atom stereocenters. The summed E-state index contributed by atoms with van der Waals surface area (Å²) in [6.45, 7) is 4.88. The van der Waals surface area contributed by atoms with Gasteiger partial charge in [0.2, 0.25) is 0 Å². The fourth-order valence-electron chi connectivity index (χ4n) is 3.66. The first-order valence-corrected chi connectivity index (χ1v) is 11.2. The molecule has 1 atom stereocenters. The van der Waals surface area contributed by atoms with Crippen molar-refractivity contribution in [1.82, 2.24) is 4.31 Å². The summed E-state index contributed by atoms with van der Waals surface area (Å²) in [6.07, 6.45) is -0.701. The zero-order chi connectivity index (χ0) is 22.8. The molecule has 1 heterocycles. The van der Waals surface area contributed by atoms with Crippen molar-refractivity contribution in [2.24, 2.45) is 0 Å². The molecule has 1 amide bonds. The molecule has 31 heavy (non-hydrogen) atoms. The molecule has 9 heteroatoms. The summed E-state index contributed by atoms with van der Waals surface area (Å²) < 4.78 is 37.9. The van der Waals surface area contributed by atoms with Gasteiger partial charge in [0, 0.05) is 11.1 Å². The van der Waals surface area contributed by atoms with Crippen LogP contribution in [0.4, 0.5) is 0 Å². The predicted octanol–water partition coefficient (Wildman–Crippen LogP) is 2.55. The van der Waals surface area contributed by atoms with Crippen LogP contribution < -0.4 is 0 Å². The number of rotatable bonds is 7. The van der Waals surface area contributed by atoms with Crippen LogP contribution >= 0.6 is 0 Å². The number of sulfonamides is 1. The maximum absolute atomic E-state index is 13.6. The van der Waals surface area contributed by atoms with Gasteiger partial charge >= 0.3 is 11.9 Å². The zero-order valence-corrected chi connectivity index (χ0v) is 18.3. The molecule has 0 aromatic heterocycles. The lowest BCUT2D eigenvalue weighted by molar-refractivity contribution is -0.160. The monoisotopic (exact) mass is 445 g/mol. The van der Waals surface area contributed by atoms with Crippen molar-refractivity contribution in [3.05, 3.63) is 65.2 Å². The normalized spacial score (nSPS) is 17.9. The average Bonchev–Trinajstić information content (AvgIpc) is 2.98. The second-order valence-corrected chi connectivity index (χ2v) is 8.78. The number of hydrogen-bond acceptors (Lipinski definition) is 7. The SMILES string of the molecule is CCOC(=O)C[C@@]1(C(=O)OCC)c2ccccc2C(=O)N1S(=O)(=O)c1ccc(C)cc1. The Morgan fingerprint density at radius 2 is 1.58 bits per heavy atom. The number of aryl methyl sites for hydroxylation is 1. The number of carbonyl (C=O) groups is 3. The van der Waals surface area contributed by atoms with Gasteiger partial charge in [0.05, 0.1) is 24.5 Å². The van der Waals surface area contributed by atoms with E-state index < -0.39 is 39.8 Å². The molecule has 0 bridgehead atoms. The first kappa shape index (κ1) is 22.5. The minimum atomic E-state index is -4.53. The molecule has 0 saturated heterocycles. The summed E-state index contributed by atoms with van der Waals surface area (Å²) in [6, 6.07) is 11.8. The minimum Gasteiger partial charge on any atom is -0.466 e. The van der Waals surface area contributed by atoms with E-state index >= 15 is 0 Å². The molecule has 2 aromatic carbocycles. The smallest absolute Gasteiger partial charge is 0.338 e. The molecule has 8 nitrogen and oxygen atoms in total. The Morgan fingerprint density at radius 1 is 0.968 bits per heavy atom. The van der Waals surface area contributed by atoms with Crippen molar-refractivity contribution in [3.63, 3.8) is 0 Å². The fraction of sp³-hybridized carbons (Fsp3) is 0.318. The van der Waals surface area contributed by atoms with E-state index in [0.717, 1.165) is 5.56 Å². The van der Waals surface area contributed by atoms with Crippen molar-refractivity contribution in [2.75, 3.05) is 13.2 Å². The molecule has 0 spiro atoms. The molecule has 1 aliphatic heterocycles. The van der Waals surface area contributed by atoms with Crippen molar-refractivity contribution >= 4 is 27.9 Å².